The first-order chi connectivity index (χ1) is 10.7. The smallest absolute Gasteiger partial charge is 0.293 e. The molecule has 7 nitrogen and oxygen atoms in total. The maximum atomic E-state index is 11.5. The van der Waals surface area contributed by atoms with Gasteiger partial charge in [0, 0.05) is 18.0 Å². The molecule has 0 saturated heterocycles. The molecule has 0 spiro atoms. The van der Waals surface area contributed by atoms with E-state index in [0.29, 0.717) is 16.5 Å². The van der Waals surface area contributed by atoms with E-state index in [1.54, 1.807) is 18.2 Å². The fraction of sp³-hybridized carbons (Fsp3) is 0.143. The number of anilines is 2. The van der Waals surface area contributed by atoms with Gasteiger partial charge in [0.25, 0.3) is 5.69 Å². The zero-order valence-electron chi connectivity index (χ0n) is 12.2. The molecule has 9 heteroatoms. The topological polar surface area (TPSA) is 98.5 Å². The zero-order chi connectivity index (χ0) is 17.2. The standard InChI is InChI=1S/C14H13ClN2O5S/c1-22-14-6-3-9(7-11(14)15)16-12-5-4-10(23(2,20)21)8-13(12)17(18)19/h3-8,16H,1-2H3. The van der Waals surface area contributed by atoms with Crippen molar-refractivity contribution >= 4 is 38.5 Å². The summed E-state index contributed by atoms with van der Waals surface area (Å²) in [5, 5.41) is 14.4. The molecule has 2 aromatic rings. The lowest BCUT2D eigenvalue weighted by molar-refractivity contribution is -0.384. The lowest BCUT2D eigenvalue weighted by Gasteiger charge is -2.10. The van der Waals surface area contributed by atoms with Crippen molar-refractivity contribution in [3.63, 3.8) is 0 Å². The molecule has 122 valence electrons. The SMILES string of the molecule is COc1ccc(Nc2ccc(S(C)(=O)=O)cc2[N+](=O)[O-])cc1Cl. The summed E-state index contributed by atoms with van der Waals surface area (Å²) in [6.07, 6.45) is 0.988. The summed E-state index contributed by atoms with van der Waals surface area (Å²) in [5.74, 6) is 0.471. The van der Waals surface area contributed by atoms with E-state index in [0.717, 1.165) is 12.3 Å². The Hall–Kier alpha value is -2.32. The highest BCUT2D eigenvalue weighted by molar-refractivity contribution is 7.90. The minimum absolute atomic E-state index is 0.123. The van der Waals surface area contributed by atoms with Crippen LogP contribution in [0.1, 0.15) is 0 Å². The average molecular weight is 357 g/mol. The molecule has 0 aliphatic rings. The van der Waals surface area contributed by atoms with Crippen LogP contribution in [0.25, 0.3) is 0 Å². The number of hydrogen-bond acceptors (Lipinski definition) is 6. The van der Waals surface area contributed by atoms with Gasteiger partial charge in [-0.05, 0) is 30.3 Å². The summed E-state index contributed by atoms with van der Waals surface area (Å²) < 4.78 is 28.1. The minimum Gasteiger partial charge on any atom is -0.495 e. The Labute approximate surface area is 137 Å². The van der Waals surface area contributed by atoms with Crippen molar-refractivity contribution in [2.45, 2.75) is 4.90 Å². The second kappa shape index (κ2) is 6.43. The molecule has 0 fully saturated rings. The molecular weight excluding hydrogens is 344 g/mol. The van der Waals surface area contributed by atoms with Gasteiger partial charge in [0.15, 0.2) is 9.84 Å². The molecule has 0 atom stereocenters. The molecular formula is C14H13ClN2O5S. The Balaban J connectivity index is 2.43. The average Bonchev–Trinajstić information content (AvgIpc) is 2.46. The third kappa shape index (κ3) is 3.91. The fourth-order valence-corrected chi connectivity index (χ4v) is 2.80. The van der Waals surface area contributed by atoms with Gasteiger partial charge in [0.1, 0.15) is 11.4 Å². The lowest BCUT2D eigenvalue weighted by atomic mass is 10.2. The van der Waals surface area contributed by atoms with Crippen LogP contribution in [0, 0.1) is 10.1 Å². The number of benzene rings is 2. The number of nitrogens with one attached hydrogen (secondary N) is 1. The second-order valence-electron chi connectivity index (χ2n) is 4.68. The molecule has 23 heavy (non-hydrogen) atoms. The van der Waals surface area contributed by atoms with E-state index >= 15 is 0 Å². The predicted octanol–water partition coefficient (Wildman–Crippen LogP) is 3.40. The summed E-state index contributed by atoms with van der Waals surface area (Å²) in [7, 11) is -2.06. The molecule has 1 N–H and O–H groups in total. The van der Waals surface area contributed by atoms with E-state index in [-0.39, 0.29) is 16.3 Å². The zero-order valence-corrected chi connectivity index (χ0v) is 13.8. The van der Waals surface area contributed by atoms with Gasteiger partial charge < -0.3 is 10.1 Å². The molecule has 2 rings (SSSR count). The molecule has 0 bridgehead atoms. The Morgan fingerprint density at radius 2 is 1.91 bits per heavy atom. The van der Waals surface area contributed by atoms with Crippen LogP contribution < -0.4 is 10.1 Å². The van der Waals surface area contributed by atoms with E-state index in [9.17, 15) is 18.5 Å². The number of halogens is 1. The third-order valence-corrected chi connectivity index (χ3v) is 4.43. The highest BCUT2D eigenvalue weighted by atomic mass is 35.5. The van der Waals surface area contributed by atoms with E-state index in [2.05, 4.69) is 5.32 Å². The van der Waals surface area contributed by atoms with Crippen LogP contribution >= 0.6 is 11.6 Å². The van der Waals surface area contributed by atoms with Crippen molar-refractivity contribution in [3.8, 4) is 5.75 Å². The fourth-order valence-electron chi connectivity index (χ4n) is 1.90. The van der Waals surface area contributed by atoms with E-state index < -0.39 is 14.8 Å². The van der Waals surface area contributed by atoms with Crippen LogP contribution in [-0.2, 0) is 9.84 Å². The van der Waals surface area contributed by atoms with E-state index in [1.165, 1.54) is 19.2 Å². The van der Waals surface area contributed by atoms with Gasteiger partial charge in [0.2, 0.25) is 0 Å². The summed E-state index contributed by atoms with van der Waals surface area (Å²) in [4.78, 5) is 10.4. The highest BCUT2D eigenvalue weighted by Gasteiger charge is 2.19. The van der Waals surface area contributed by atoms with Gasteiger partial charge in [-0.2, -0.15) is 0 Å². The molecule has 0 heterocycles. The van der Waals surface area contributed by atoms with Crippen LogP contribution in [0.5, 0.6) is 5.75 Å². The van der Waals surface area contributed by atoms with Gasteiger partial charge in [-0.1, -0.05) is 11.6 Å². The second-order valence-corrected chi connectivity index (χ2v) is 7.11. The highest BCUT2D eigenvalue weighted by Crippen LogP contribution is 2.33. The summed E-state index contributed by atoms with van der Waals surface area (Å²) >= 11 is 6.00. The van der Waals surface area contributed by atoms with Gasteiger partial charge in [-0.15, -0.1) is 0 Å². The molecule has 0 aliphatic carbocycles. The Morgan fingerprint density at radius 1 is 1.22 bits per heavy atom. The first-order valence-corrected chi connectivity index (χ1v) is 8.58. The molecule has 0 saturated carbocycles. The van der Waals surface area contributed by atoms with Crippen molar-refractivity contribution in [1.29, 1.82) is 0 Å². The number of methoxy groups -OCH3 is 1. The number of ether oxygens (including phenoxy) is 1. The normalized spacial score (nSPS) is 11.1. The van der Waals surface area contributed by atoms with Crippen molar-refractivity contribution in [2.75, 3.05) is 18.7 Å². The third-order valence-electron chi connectivity index (χ3n) is 3.02. The van der Waals surface area contributed by atoms with Gasteiger partial charge in [-0.3, -0.25) is 10.1 Å². The van der Waals surface area contributed by atoms with Crippen LogP contribution in [0.3, 0.4) is 0 Å². The predicted molar refractivity (Wildman–Crippen MR) is 87.5 cm³/mol. The van der Waals surface area contributed by atoms with Gasteiger partial charge in [-0.25, -0.2) is 8.42 Å². The number of nitrogens with zero attached hydrogens (tertiary/aromatic N) is 1. The Bertz CT molecular complexity index is 867. The number of rotatable bonds is 5. The number of nitro benzene ring substituents is 1. The maximum Gasteiger partial charge on any atom is 0.293 e. The molecule has 0 unspecified atom stereocenters. The molecule has 0 aromatic heterocycles. The van der Waals surface area contributed by atoms with Crippen molar-refractivity contribution in [1.82, 2.24) is 0 Å². The molecule has 0 aliphatic heterocycles. The Kier molecular flexibility index (Phi) is 4.76. The first-order valence-electron chi connectivity index (χ1n) is 6.31. The number of sulfone groups is 1. The van der Waals surface area contributed by atoms with Crippen molar-refractivity contribution in [2.24, 2.45) is 0 Å². The van der Waals surface area contributed by atoms with Crippen molar-refractivity contribution < 1.29 is 18.1 Å². The van der Waals surface area contributed by atoms with Crippen LogP contribution in [-0.4, -0.2) is 26.7 Å². The van der Waals surface area contributed by atoms with E-state index in [4.69, 9.17) is 16.3 Å². The molecule has 0 radical (unpaired) electrons. The van der Waals surface area contributed by atoms with Crippen LogP contribution in [0.4, 0.5) is 17.1 Å². The molecule has 2 aromatic carbocycles. The minimum atomic E-state index is -3.53. The molecule has 0 amide bonds. The van der Waals surface area contributed by atoms with E-state index in [1.807, 2.05) is 0 Å². The summed E-state index contributed by atoms with van der Waals surface area (Å²) in [6.45, 7) is 0. The maximum absolute atomic E-state index is 11.5. The Morgan fingerprint density at radius 3 is 2.43 bits per heavy atom. The van der Waals surface area contributed by atoms with Gasteiger partial charge >= 0.3 is 0 Å². The number of nitro groups is 1. The number of hydrogen-bond donors (Lipinski definition) is 1. The monoisotopic (exact) mass is 356 g/mol. The first kappa shape index (κ1) is 17.0. The summed E-state index contributed by atoms with van der Waals surface area (Å²) in [5.41, 5.74) is 0.314. The van der Waals surface area contributed by atoms with Gasteiger partial charge in [0.05, 0.1) is 22.0 Å². The van der Waals surface area contributed by atoms with Crippen LogP contribution in [0.15, 0.2) is 41.3 Å². The largest absolute Gasteiger partial charge is 0.495 e. The quantitative estimate of drug-likeness (QED) is 0.651. The van der Waals surface area contributed by atoms with Crippen LogP contribution in [0.2, 0.25) is 5.02 Å². The summed E-state index contributed by atoms with van der Waals surface area (Å²) in [6, 6.07) is 8.46. The lowest BCUT2D eigenvalue weighted by Crippen LogP contribution is -2.02. The van der Waals surface area contributed by atoms with Crippen molar-refractivity contribution in [3.05, 3.63) is 51.5 Å².